The summed E-state index contributed by atoms with van der Waals surface area (Å²) in [5.74, 6) is -1.32. The summed E-state index contributed by atoms with van der Waals surface area (Å²) >= 11 is 0. The molecule has 1 unspecified atom stereocenters. The molecule has 0 aliphatic carbocycles. The molecule has 82 valence electrons. The topological polar surface area (TPSA) is 55.7 Å². The van der Waals surface area contributed by atoms with E-state index >= 15 is 0 Å². The van der Waals surface area contributed by atoms with E-state index in [0.29, 0.717) is 16.1 Å². The Kier molecular flexibility index (Phi) is 2.56. The number of hydrogen-bond donors (Lipinski definition) is 0. The van der Waals surface area contributed by atoms with Gasteiger partial charge in [-0.3, -0.25) is 4.79 Å². The number of fused-ring (bicyclic) bond motifs is 1. The van der Waals surface area contributed by atoms with E-state index < -0.39 is 11.9 Å². The summed E-state index contributed by atoms with van der Waals surface area (Å²) < 4.78 is 4.70. The van der Waals surface area contributed by atoms with Crippen molar-refractivity contribution in [3.63, 3.8) is 0 Å². The van der Waals surface area contributed by atoms with Gasteiger partial charge in [-0.2, -0.15) is 0 Å². The molecule has 1 aliphatic rings. The second kappa shape index (κ2) is 3.89. The molecule has 1 aromatic carbocycles. The van der Waals surface area contributed by atoms with Crippen molar-refractivity contribution in [1.82, 2.24) is 0 Å². The minimum Gasteiger partial charge on any atom is -0.466 e. The Hall–Kier alpha value is -1.97. The third-order valence-corrected chi connectivity index (χ3v) is 2.63. The van der Waals surface area contributed by atoms with Gasteiger partial charge in [0.2, 0.25) is 0 Å². The average Bonchev–Trinajstić information content (AvgIpc) is 2.30. The second-order valence-corrected chi connectivity index (χ2v) is 3.59. The first-order valence-electron chi connectivity index (χ1n) is 4.95. The zero-order valence-corrected chi connectivity index (χ0v) is 9.06. The zero-order valence-electron chi connectivity index (χ0n) is 9.06. The van der Waals surface area contributed by atoms with Gasteiger partial charge in [-0.15, -0.1) is 0 Å². The minimum atomic E-state index is -0.539. The van der Waals surface area contributed by atoms with Crippen molar-refractivity contribution >= 4 is 17.4 Å². The number of nitrogens with zero attached hydrogens (tertiary/aromatic N) is 1. The molecule has 2 rings (SSSR count). The molecule has 4 heteroatoms. The molecule has 1 aliphatic heterocycles. The van der Waals surface area contributed by atoms with Crippen molar-refractivity contribution in [3.05, 3.63) is 34.8 Å². The molecule has 16 heavy (non-hydrogen) atoms. The van der Waals surface area contributed by atoms with Crippen molar-refractivity contribution in [1.29, 1.82) is 0 Å². The predicted molar refractivity (Wildman–Crippen MR) is 56.8 cm³/mol. The Morgan fingerprint density at radius 3 is 2.75 bits per heavy atom. The van der Waals surface area contributed by atoms with Crippen LogP contribution in [-0.2, 0) is 14.3 Å². The number of ether oxygens (including phenoxy) is 1. The molecule has 0 fully saturated rings. The molecule has 1 heterocycles. The number of amides is 1. The molecular formula is C12H11NO3. The van der Waals surface area contributed by atoms with Gasteiger partial charge < -0.3 is 4.74 Å². The standard InChI is InChI=1S/C12H11NO3/c1-7-10(12(15)16-2)8-5-3-4-6-9(8)13-11(7)14/h3-7H,1-2H3. The van der Waals surface area contributed by atoms with Crippen LogP contribution in [0.25, 0.3) is 5.57 Å². The summed E-state index contributed by atoms with van der Waals surface area (Å²) in [6.07, 6.45) is 0. The lowest BCUT2D eigenvalue weighted by atomic mass is 9.95. The van der Waals surface area contributed by atoms with Crippen molar-refractivity contribution in [2.24, 2.45) is 10.9 Å². The molecule has 0 saturated heterocycles. The largest absolute Gasteiger partial charge is 0.466 e. The number of carbonyl (C=O) groups excluding carboxylic acids is 2. The van der Waals surface area contributed by atoms with E-state index in [1.54, 1.807) is 31.2 Å². The van der Waals surface area contributed by atoms with E-state index in [1.165, 1.54) is 7.11 Å². The van der Waals surface area contributed by atoms with Crippen LogP contribution in [-0.4, -0.2) is 19.0 Å². The van der Waals surface area contributed by atoms with Crippen LogP contribution in [0.5, 0.6) is 0 Å². The van der Waals surface area contributed by atoms with Crippen LogP contribution in [0.4, 0.5) is 0 Å². The normalized spacial score (nSPS) is 18.8. The van der Waals surface area contributed by atoms with E-state index in [-0.39, 0.29) is 5.91 Å². The third-order valence-electron chi connectivity index (χ3n) is 2.63. The monoisotopic (exact) mass is 217 g/mol. The summed E-state index contributed by atoms with van der Waals surface area (Å²) in [7, 11) is 1.31. The number of hydrogen-bond acceptors (Lipinski definition) is 3. The van der Waals surface area contributed by atoms with E-state index in [2.05, 4.69) is 4.99 Å². The van der Waals surface area contributed by atoms with Gasteiger partial charge in [0.25, 0.3) is 5.91 Å². The van der Waals surface area contributed by atoms with Crippen LogP contribution >= 0.6 is 0 Å². The molecule has 0 N–H and O–H groups in total. The first kappa shape index (κ1) is 10.5. The van der Waals surface area contributed by atoms with Gasteiger partial charge in [0.1, 0.15) is 0 Å². The van der Waals surface area contributed by atoms with Crippen molar-refractivity contribution in [2.45, 2.75) is 6.92 Å². The lowest BCUT2D eigenvalue weighted by molar-refractivity contribution is -0.135. The number of benzene rings is 1. The first-order valence-corrected chi connectivity index (χ1v) is 4.95. The molecule has 4 nitrogen and oxygen atoms in total. The lowest BCUT2D eigenvalue weighted by Crippen LogP contribution is -2.39. The average molecular weight is 217 g/mol. The van der Waals surface area contributed by atoms with Gasteiger partial charge in [0.15, 0.2) is 0 Å². The smallest absolute Gasteiger partial charge is 0.335 e. The highest BCUT2D eigenvalue weighted by atomic mass is 16.5. The fraction of sp³-hybridized carbons (Fsp3) is 0.250. The maximum atomic E-state index is 11.6. The highest BCUT2D eigenvalue weighted by Gasteiger charge is 2.27. The Labute approximate surface area is 92.3 Å². The van der Waals surface area contributed by atoms with Crippen molar-refractivity contribution in [2.75, 3.05) is 7.11 Å². The number of esters is 1. The quantitative estimate of drug-likeness (QED) is 0.612. The van der Waals surface area contributed by atoms with Crippen LogP contribution in [0.3, 0.4) is 0 Å². The number of methoxy groups -OCH3 is 1. The Morgan fingerprint density at radius 1 is 1.38 bits per heavy atom. The molecule has 0 bridgehead atoms. The summed E-state index contributed by atoms with van der Waals surface area (Å²) in [5.41, 5.74) is 0.387. The molecule has 0 saturated carbocycles. The number of carbonyl (C=O) groups is 2. The Balaban J connectivity index is 2.83. The van der Waals surface area contributed by atoms with Gasteiger partial charge >= 0.3 is 5.97 Å². The molecule has 1 amide bonds. The predicted octanol–water partition coefficient (Wildman–Crippen LogP) is -0.194. The minimum absolute atomic E-state index is 0.306. The van der Waals surface area contributed by atoms with Crippen LogP contribution in [0, 0.1) is 5.92 Å². The van der Waals surface area contributed by atoms with Gasteiger partial charge in [0, 0.05) is 5.22 Å². The fourth-order valence-corrected chi connectivity index (χ4v) is 1.77. The Bertz CT molecular complexity index is 574. The summed E-state index contributed by atoms with van der Waals surface area (Å²) in [5, 5.41) is 1.22. The SMILES string of the molecule is COC(=O)C1=c2ccccc2=NC(=O)C1C. The first-order chi connectivity index (χ1) is 7.65. The zero-order chi connectivity index (χ0) is 11.7. The maximum absolute atomic E-state index is 11.6. The summed E-state index contributed by atoms with van der Waals surface area (Å²) in [6.45, 7) is 1.66. The lowest BCUT2D eigenvalue weighted by Gasteiger charge is -2.14. The van der Waals surface area contributed by atoms with Crippen LogP contribution in [0.1, 0.15) is 6.92 Å². The summed E-state index contributed by atoms with van der Waals surface area (Å²) in [6, 6.07) is 7.07. The molecule has 1 atom stereocenters. The fourth-order valence-electron chi connectivity index (χ4n) is 1.77. The van der Waals surface area contributed by atoms with E-state index in [4.69, 9.17) is 4.74 Å². The molecule has 0 radical (unpaired) electrons. The highest BCUT2D eigenvalue weighted by Crippen LogP contribution is 2.15. The van der Waals surface area contributed by atoms with Crippen molar-refractivity contribution in [3.8, 4) is 0 Å². The number of para-hydroxylation sites is 1. The maximum Gasteiger partial charge on any atom is 0.335 e. The molecule has 1 aromatic rings. The van der Waals surface area contributed by atoms with E-state index in [9.17, 15) is 9.59 Å². The Morgan fingerprint density at radius 2 is 2.06 bits per heavy atom. The van der Waals surface area contributed by atoms with Gasteiger partial charge in [-0.1, -0.05) is 18.2 Å². The third kappa shape index (κ3) is 1.52. The summed E-state index contributed by atoms with van der Waals surface area (Å²) in [4.78, 5) is 27.2. The van der Waals surface area contributed by atoms with E-state index in [0.717, 1.165) is 0 Å². The second-order valence-electron chi connectivity index (χ2n) is 3.59. The molecule has 0 aromatic heterocycles. The number of rotatable bonds is 1. The van der Waals surface area contributed by atoms with E-state index in [1.807, 2.05) is 0 Å². The molecule has 0 spiro atoms. The highest BCUT2D eigenvalue weighted by molar-refractivity contribution is 6.16. The van der Waals surface area contributed by atoms with Gasteiger partial charge in [-0.05, 0) is 13.0 Å². The van der Waals surface area contributed by atoms with Gasteiger partial charge in [0.05, 0.1) is 24.0 Å². The van der Waals surface area contributed by atoms with Crippen LogP contribution in [0.15, 0.2) is 29.3 Å². The van der Waals surface area contributed by atoms with Crippen LogP contribution < -0.4 is 10.6 Å². The molecular weight excluding hydrogens is 206 g/mol. The van der Waals surface area contributed by atoms with Gasteiger partial charge in [-0.25, -0.2) is 9.79 Å². The van der Waals surface area contributed by atoms with Crippen molar-refractivity contribution < 1.29 is 14.3 Å². The van der Waals surface area contributed by atoms with Crippen LogP contribution in [0.2, 0.25) is 0 Å².